The molecule has 1 atom stereocenters. The van der Waals surface area contributed by atoms with Gasteiger partial charge in [-0.1, -0.05) is 35.0 Å². The molecule has 0 bridgehead atoms. The van der Waals surface area contributed by atoms with Crippen LogP contribution in [0.15, 0.2) is 30.5 Å². The van der Waals surface area contributed by atoms with Crippen LogP contribution in [0.4, 0.5) is 0 Å². The molecule has 5 nitrogen and oxygen atoms in total. The highest BCUT2D eigenvalue weighted by molar-refractivity contribution is 5.26. The van der Waals surface area contributed by atoms with Crippen molar-refractivity contribution in [2.45, 2.75) is 19.3 Å². The lowest BCUT2D eigenvalue weighted by Gasteiger charge is -2.17. The molecule has 0 saturated heterocycles. The lowest BCUT2D eigenvalue weighted by atomic mass is 9.93. The van der Waals surface area contributed by atoms with Gasteiger partial charge in [0.05, 0.1) is 12.3 Å². The topological polar surface area (TPSA) is 52.0 Å². The summed E-state index contributed by atoms with van der Waals surface area (Å²) in [6.45, 7) is 4.60. The van der Waals surface area contributed by atoms with E-state index in [1.54, 1.807) is 11.8 Å². The number of methoxy groups -OCH3 is 1. The normalized spacial score (nSPS) is 12.5. The largest absolute Gasteiger partial charge is 0.383 e. The summed E-state index contributed by atoms with van der Waals surface area (Å²) in [6, 6.07) is 8.73. The molecule has 114 valence electrons. The van der Waals surface area contributed by atoms with E-state index in [0.717, 1.165) is 31.8 Å². The molecule has 1 aromatic carbocycles. The molecule has 1 N–H and O–H groups in total. The fourth-order valence-electron chi connectivity index (χ4n) is 2.34. The second-order valence-corrected chi connectivity index (χ2v) is 5.39. The Morgan fingerprint density at radius 1 is 1.29 bits per heavy atom. The van der Waals surface area contributed by atoms with Gasteiger partial charge in [0.2, 0.25) is 0 Å². The van der Waals surface area contributed by atoms with Crippen molar-refractivity contribution in [1.82, 2.24) is 20.3 Å². The standard InChI is InChI=1S/C16H24N4O/c1-13-4-6-14(7-5-13)15(11-17-8-9-21-3)10-16-12-20(2)19-18-16/h4-7,12,15,17H,8-11H2,1-3H3. The third-order valence-electron chi connectivity index (χ3n) is 3.53. The number of hydrogen-bond acceptors (Lipinski definition) is 4. The number of benzene rings is 1. The van der Waals surface area contributed by atoms with Crippen LogP contribution in [0.5, 0.6) is 0 Å². The molecule has 2 aromatic rings. The van der Waals surface area contributed by atoms with Gasteiger partial charge in [0.25, 0.3) is 0 Å². The third kappa shape index (κ3) is 4.95. The number of aromatic nitrogens is 3. The number of ether oxygens (including phenoxy) is 1. The lowest BCUT2D eigenvalue weighted by molar-refractivity contribution is 0.199. The molecular weight excluding hydrogens is 264 g/mol. The fourth-order valence-corrected chi connectivity index (χ4v) is 2.34. The lowest BCUT2D eigenvalue weighted by Crippen LogP contribution is -2.26. The highest BCUT2D eigenvalue weighted by atomic mass is 16.5. The van der Waals surface area contributed by atoms with E-state index in [0.29, 0.717) is 5.92 Å². The fraction of sp³-hybridized carbons (Fsp3) is 0.500. The summed E-state index contributed by atoms with van der Waals surface area (Å²) in [5.41, 5.74) is 3.64. The van der Waals surface area contributed by atoms with E-state index in [9.17, 15) is 0 Å². The van der Waals surface area contributed by atoms with Crippen molar-refractivity contribution >= 4 is 0 Å². The van der Waals surface area contributed by atoms with Gasteiger partial charge >= 0.3 is 0 Å². The van der Waals surface area contributed by atoms with Crippen molar-refractivity contribution in [2.24, 2.45) is 7.05 Å². The van der Waals surface area contributed by atoms with Gasteiger partial charge in [-0.05, 0) is 12.5 Å². The van der Waals surface area contributed by atoms with E-state index in [1.807, 2.05) is 13.2 Å². The molecule has 2 rings (SSSR count). The van der Waals surface area contributed by atoms with E-state index < -0.39 is 0 Å². The quantitative estimate of drug-likeness (QED) is 0.751. The molecule has 0 saturated carbocycles. The average Bonchev–Trinajstić information content (AvgIpc) is 2.88. The maximum atomic E-state index is 5.08. The SMILES string of the molecule is COCCNCC(Cc1cn(C)nn1)c1ccc(C)cc1. The zero-order valence-corrected chi connectivity index (χ0v) is 13.0. The Hall–Kier alpha value is -1.72. The van der Waals surface area contributed by atoms with Crippen molar-refractivity contribution in [1.29, 1.82) is 0 Å². The van der Waals surface area contributed by atoms with E-state index >= 15 is 0 Å². The smallest absolute Gasteiger partial charge is 0.0833 e. The van der Waals surface area contributed by atoms with Crippen LogP contribution >= 0.6 is 0 Å². The molecule has 21 heavy (non-hydrogen) atoms. The average molecular weight is 288 g/mol. The van der Waals surface area contributed by atoms with Crippen LogP contribution in [0.2, 0.25) is 0 Å². The molecule has 0 spiro atoms. The second kappa shape index (κ2) is 7.90. The molecule has 1 aromatic heterocycles. The first-order chi connectivity index (χ1) is 10.2. The first kappa shape index (κ1) is 15.7. The summed E-state index contributed by atoms with van der Waals surface area (Å²) in [6.07, 6.45) is 2.87. The van der Waals surface area contributed by atoms with Crippen molar-refractivity contribution in [3.8, 4) is 0 Å². The van der Waals surface area contributed by atoms with Gasteiger partial charge in [-0.25, -0.2) is 0 Å². The van der Waals surface area contributed by atoms with E-state index in [-0.39, 0.29) is 0 Å². The Bertz CT molecular complexity index is 535. The minimum absolute atomic E-state index is 0.388. The number of hydrogen-bond donors (Lipinski definition) is 1. The minimum Gasteiger partial charge on any atom is -0.383 e. The van der Waals surface area contributed by atoms with Crippen molar-refractivity contribution in [3.05, 3.63) is 47.3 Å². The number of nitrogens with one attached hydrogen (secondary N) is 1. The zero-order valence-electron chi connectivity index (χ0n) is 13.0. The Morgan fingerprint density at radius 3 is 2.67 bits per heavy atom. The molecular formula is C16H24N4O. The zero-order chi connectivity index (χ0) is 15.1. The molecule has 0 aliphatic heterocycles. The van der Waals surface area contributed by atoms with Gasteiger partial charge in [0.1, 0.15) is 0 Å². The summed E-state index contributed by atoms with van der Waals surface area (Å²) >= 11 is 0. The summed E-state index contributed by atoms with van der Waals surface area (Å²) in [5, 5.41) is 11.7. The van der Waals surface area contributed by atoms with Gasteiger partial charge < -0.3 is 10.1 Å². The molecule has 0 aliphatic carbocycles. The Balaban J connectivity index is 2.04. The minimum atomic E-state index is 0.388. The Labute approximate surface area is 126 Å². The molecule has 0 amide bonds. The van der Waals surface area contributed by atoms with E-state index in [1.165, 1.54) is 11.1 Å². The number of nitrogens with zero attached hydrogens (tertiary/aromatic N) is 3. The predicted molar refractivity (Wildman–Crippen MR) is 83.4 cm³/mol. The molecule has 5 heteroatoms. The van der Waals surface area contributed by atoms with Crippen LogP contribution < -0.4 is 5.32 Å². The molecule has 0 radical (unpaired) electrons. The van der Waals surface area contributed by atoms with Gasteiger partial charge in [0, 0.05) is 45.8 Å². The highest BCUT2D eigenvalue weighted by Crippen LogP contribution is 2.20. The first-order valence-corrected chi connectivity index (χ1v) is 7.30. The van der Waals surface area contributed by atoms with Crippen LogP contribution in [0.3, 0.4) is 0 Å². The van der Waals surface area contributed by atoms with Crippen LogP contribution in [-0.4, -0.2) is 41.8 Å². The van der Waals surface area contributed by atoms with E-state index in [2.05, 4.69) is 46.8 Å². The van der Waals surface area contributed by atoms with E-state index in [4.69, 9.17) is 4.74 Å². The number of aryl methyl sites for hydroxylation is 2. The van der Waals surface area contributed by atoms with Crippen molar-refractivity contribution in [3.63, 3.8) is 0 Å². The summed E-state index contributed by atoms with van der Waals surface area (Å²) in [4.78, 5) is 0. The molecule has 1 unspecified atom stereocenters. The summed E-state index contributed by atoms with van der Waals surface area (Å²) < 4.78 is 6.83. The second-order valence-electron chi connectivity index (χ2n) is 5.39. The third-order valence-corrected chi connectivity index (χ3v) is 3.53. The van der Waals surface area contributed by atoms with Crippen LogP contribution in [0.25, 0.3) is 0 Å². The van der Waals surface area contributed by atoms with Gasteiger partial charge in [0.15, 0.2) is 0 Å². The predicted octanol–water partition coefficient (Wildman–Crippen LogP) is 1.69. The maximum absolute atomic E-state index is 5.08. The summed E-state index contributed by atoms with van der Waals surface area (Å²) in [7, 11) is 3.62. The monoisotopic (exact) mass is 288 g/mol. The van der Waals surface area contributed by atoms with Gasteiger partial charge in [-0.3, -0.25) is 4.68 Å². The Morgan fingerprint density at radius 2 is 2.05 bits per heavy atom. The Kier molecular flexibility index (Phi) is 5.90. The molecule has 1 heterocycles. The molecule has 0 aliphatic rings. The molecule has 0 fully saturated rings. The number of rotatable bonds is 8. The van der Waals surface area contributed by atoms with Crippen LogP contribution in [0.1, 0.15) is 22.7 Å². The van der Waals surface area contributed by atoms with Crippen LogP contribution in [-0.2, 0) is 18.2 Å². The summed E-state index contributed by atoms with van der Waals surface area (Å²) in [5.74, 6) is 0.388. The van der Waals surface area contributed by atoms with Gasteiger partial charge in [-0.15, -0.1) is 5.10 Å². The maximum Gasteiger partial charge on any atom is 0.0833 e. The van der Waals surface area contributed by atoms with Crippen molar-refractivity contribution < 1.29 is 4.74 Å². The van der Waals surface area contributed by atoms with Crippen molar-refractivity contribution in [2.75, 3.05) is 26.8 Å². The highest BCUT2D eigenvalue weighted by Gasteiger charge is 2.14. The van der Waals surface area contributed by atoms with Gasteiger partial charge in [-0.2, -0.15) is 0 Å². The van der Waals surface area contributed by atoms with Crippen LogP contribution in [0, 0.1) is 6.92 Å². The first-order valence-electron chi connectivity index (χ1n) is 7.30.